The molecular formula is C14H9BrCl2O3. The van der Waals surface area contributed by atoms with E-state index < -0.39 is 5.97 Å². The van der Waals surface area contributed by atoms with Crippen LogP contribution in [0.2, 0.25) is 10.0 Å². The summed E-state index contributed by atoms with van der Waals surface area (Å²) in [5, 5.41) is 9.81. The highest BCUT2D eigenvalue weighted by Gasteiger charge is 2.15. The minimum atomic E-state index is -1.13. The van der Waals surface area contributed by atoms with Crippen molar-refractivity contribution in [2.24, 2.45) is 0 Å². The van der Waals surface area contributed by atoms with E-state index in [-0.39, 0.29) is 22.9 Å². The van der Waals surface area contributed by atoms with Gasteiger partial charge >= 0.3 is 5.97 Å². The fraction of sp³-hybridized carbons (Fsp3) is 0.0714. The number of halogens is 3. The van der Waals surface area contributed by atoms with E-state index in [0.29, 0.717) is 5.02 Å². The molecule has 0 amide bonds. The maximum Gasteiger partial charge on any atom is 0.341 e. The van der Waals surface area contributed by atoms with Crippen LogP contribution in [0, 0.1) is 0 Å². The predicted molar refractivity (Wildman–Crippen MR) is 81.9 cm³/mol. The van der Waals surface area contributed by atoms with E-state index in [2.05, 4.69) is 15.9 Å². The van der Waals surface area contributed by atoms with E-state index in [1.807, 2.05) is 6.07 Å². The molecule has 3 nitrogen and oxygen atoms in total. The Labute approximate surface area is 134 Å². The summed E-state index contributed by atoms with van der Waals surface area (Å²) in [6.45, 7) is 0.159. The van der Waals surface area contributed by atoms with E-state index in [4.69, 9.17) is 33.0 Å². The molecule has 2 aromatic rings. The minimum absolute atomic E-state index is 0.0533. The van der Waals surface area contributed by atoms with Crippen molar-refractivity contribution in [3.63, 3.8) is 0 Å². The van der Waals surface area contributed by atoms with Crippen LogP contribution in [0.15, 0.2) is 40.9 Å². The molecule has 104 valence electrons. The van der Waals surface area contributed by atoms with Crippen LogP contribution < -0.4 is 4.74 Å². The summed E-state index contributed by atoms with van der Waals surface area (Å²) in [5.74, 6) is -0.920. The van der Waals surface area contributed by atoms with Gasteiger partial charge in [0.05, 0.1) is 5.02 Å². The highest BCUT2D eigenvalue weighted by molar-refractivity contribution is 9.10. The van der Waals surface area contributed by atoms with Crippen LogP contribution in [-0.2, 0) is 6.61 Å². The zero-order valence-electron chi connectivity index (χ0n) is 10.1. The summed E-state index contributed by atoms with van der Waals surface area (Å²) in [7, 11) is 0. The SMILES string of the molecule is O=C(O)c1c(Cl)cccc1OCc1ccc(Br)cc1Cl. The maximum absolute atomic E-state index is 11.2. The van der Waals surface area contributed by atoms with Crippen molar-refractivity contribution in [1.29, 1.82) is 0 Å². The zero-order valence-corrected chi connectivity index (χ0v) is 13.2. The first-order valence-electron chi connectivity index (χ1n) is 5.57. The number of hydrogen-bond acceptors (Lipinski definition) is 2. The molecule has 0 aliphatic rings. The Kier molecular flexibility index (Phi) is 4.91. The van der Waals surface area contributed by atoms with Gasteiger partial charge in [-0.25, -0.2) is 4.79 Å². The maximum atomic E-state index is 11.2. The van der Waals surface area contributed by atoms with E-state index in [9.17, 15) is 4.79 Å². The van der Waals surface area contributed by atoms with Crippen LogP contribution in [0.5, 0.6) is 5.75 Å². The van der Waals surface area contributed by atoms with Crippen LogP contribution >= 0.6 is 39.1 Å². The summed E-state index contributed by atoms with van der Waals surface area (Å²) in [6, 6.07) is 10.1. The van der Waals surface area contributed by atoms with E-state index in [1.54, 1.807) is 24.3 Å². The lowest BCUT2D eigenvalue weighted by molar-refractivity contribution is 0.0692. The Morgan fingerprint density at radius 1 is 1.20 bits per heavy atom. The first-order valence-corrected chi connectivity index (χ1v) is 7.12. The molecule has 0 radical (unpaired) electrons. The largest absolute Gasteiger partial charge is 0.488 e. The normalized spacial score (nSPS) is 10.3. The Morgan fingerprint density at radius 2 is 1.95 bits per heavy atom. The van der Waals surface area contributed by atoms with Gasteiger partial charge in [-0.05, 0) is 24.3 Å². The Bertz CT molecular complexity index is 659. The van der Waals surface area contributed by atoms with Crippen molar-refractivity contribution in [3.05, 3.63) is 62.0 Å². The standard InChI is InChI=1S/C14H9BrCl2O3/c15-9-5-4-8(11(17)6-9)7-20-12-3-1-2-10(16)13(12)14(18)19/h1-6H,7H2,(H,18,19). The van der Waals surface area contributed by atoms with Gasteiger partial charge in [-0.1, -0.05) is 51.3 Å². The van der Waals surface area contributed by atoms with Crippen molar-refractivity contribution in [2.75, 3.05) is 0 Å². The topological polar surface area (TPSA) is 46.5 Å². The second kappa shape index (κ2) is 6.48. The number of aromatic carboxylic acids is 1. The van der Waals surface area contributed by atoms with Crippen molar-refractivity contribution in [2.45, 2.75) is 6.61 Å². The molecule has 0 saturated heterocycles. The molecule has 0 aliphatic heterocycles. The fourth-order valence-electron chi connectivity index (χ4n) is 1.63. The summed E-state index contributed by atoms with van der Waals surface area (Å²) in [6.07, 6.45) is 0. The van der Waals surface area contributed by atoms with E-state index in [1.165, 1.54) is 6.07 Å². The van der Waals surface area contributed by atoms with Gasteiger partial charge in [0, 0.05) is 15.1 Å². The number of carbonyl (C=O) groups is 1. The molecule has 0 aliphatic carbocycles. The van der Waals surface area contributed by atoms with Gasteiger partial charge in [-0.2, -0.15) is 0 Å². The van der Waals surface area contributed by atoms with Crippen molar-refractivity contribution >= 4 is 45.1 Å². The van der Waals surface area contributed by atoms with Gasteiger partial charge < -0.3 is 9.84 Å². The van der Waals surface area contributed by atoms with E-state index >= 15 is 0 Å². The molecule has 0 heterocycles. The highest BCUT2D eigenvalue weighted by Crippen LogP contribution is 2.28. The Morgan fingerprint density at radius 3 is 2.60 bits per heavy atom. The zero-order chi connectivity index (χ0) is 14.7. The van der Waals surface area contributed by atoms with Gasteiger partial charge in [0.2, 0.25) is 0 Å². The first kappa shape index (κ1) is 15.2. The van der Waals surface area contributed by atoms with Crippen molar-refractivity contribution in [1.82, 2.24) is 0 Å². The minimum Gasteiger partial charge on any atom is -0.488 e. The molecule has 0 spiro atoms. The lowest BCUT2D eigenvalue weighted by atomic mass is 10.2. The molecule has 2 rings (SSSR count). The van der Waals surface area contributed by atoms with Gasteiger partial charge in [0.1, 0.15) is 17.9 Å². The fourth-order valence-corrected chi connectivity index (χ4v) is 2.60. The number of carboxylic acids is 1. The third kappa shape index (κ3) is 3.45. The average Bonchev–Trinajstić information content (AvgIpc) is 2.37. The monoisotopic (exact) mass is 374 g/mol. The Hall–Kier alpha value is -1.23. The quantitative estimate of drug-likeness (QED) is 0.814. The number of hydrogen-bond donors (Lipinski definition) is 1. The van der Waals surface area contributed by atoms with Gasteiger partial charge in [0.15, 0.2) is 0 Å². The second-order valence-electron chi connectivity index (χ2n) is 3.94. The smallest absolute Gasteiger partial charge is 0.341 e. The first-order chi connectivity index (χ1) is 9.49. The third-order valence-corrected chi connectivity index (χ3v) is 3.75. The van der Waals surface area contributed by atoms with Crippen LogP contribution in [0.1, 0.15) is 15.9 Å². The lowest BCUT2D eigenvalue weighted by Gasteiger charge is -2.11. The number of ether oxygens (including phenoxy) is 1. The molecule has 0 fully saturated rings. The molecule has 1 N–H and O–H groups in total. The molecular weight excluding hydrogens is 367 g/mol. The highest BCUT2D eigenvalue weighted by atomic mass is 79.9. The van der Waals surface area contributed by atoms with Crippen LogP contribution in [-0.4, -0.2) is 11.1 Å². The van der Waals surface area contributed by atoms with Crippen LogP contribution in [0.25, 0.3) is 0 Å². The number of rotatable bonds is 4. The third-order valence-electron chi connectivity index (χ3n) is 2.59. The molecule has 20 heavy (non-hydrogen) atoms. The molecule has 0 unspecified atom stereocenters. The Balaban J connectivity index is 2.23. The number of carboxylic acid groups (broad SMARTS) is 1. The van der Waals surface area contributed by atoms with Crippen LogP contribution in [0.4, 0.5) is 0 Å². The molecule has 0 bridgehead atoms. The molecule has 0 saturated carbocycles. The van der Waals surface area contributed by atoms with Gasteiger partial charge in [0.25, 0.3) is 0 Å². The summed E-state index contributed by atoms with van der Waals surface area (Å²) >= 11 is 15.3. The van der Waals surface area contributed by atoms with Gasteiger partial charge in [-0.15, -0.1) is 0 Å². The molecule has 0 atom stereocenters. The molecule has 0 aromatic heterocycles. The van der Waals surface area contributed by atoms with Crippen molar-refractivity contribution in [3.8, 4) is 5.75 Å². The summed E-state index contributed by atoms with van der Waals surface area (Å²) in [5.41, 5.74) is 0.702. The second-order valence-corrected chi connectivity index (χ2v) is 5.67. The molecule has 2 aromatic carbocycles. The van der Waals surface area contributed by atoms with E-state index in [0.717, 1.165) is 10.0 Å². The van der Waals surface area contributed by atoms with Gasteiger partial charge in [-0.3, -0.25) is 0 Å². The lowest BCUT2D eigenvalue weighted by Crippen LogP contribution is -2.04. The summed E-state index contributed by atoms with van der Waals surface area (Å²) < 4.78 is 6.38. The predicted octanol–water partition coefficient (Wildman–Crippen LogP) is 5.03. The summed E-state index contributed by atoms with van der Waals surface area (Å²) in [4.78, 5) is 11.2. The number of benzene rings is 2. The molecule has 6 heteroatoms. The average molecular weight is 376 g/mol. The van der Waals surface area contributed by atoms with Crippen LogP contribution in [0.3, 0.4) is 0 Å². The van der Waals surface area contributed by atoms with Crippen molar-refractivity contribution < 1.29 is 14.6 Å².